The molecule has 0 bridgehead atoms. The third kappa shape index (κ3) is 30.7. The van der Waals surface area contributed by atoms with E-state index in [-0.39, 0.29) is 115 Å². The molecule has 10 aliphatic heterocycles. The number of ether oxygens (including phenoxy) is 10. The molecule has 10 aliphatic rings. The molecule has 0 saturated carbocycles. The van der Waals surface area contributed by atoms with E-state index < -0.39 is 46.8 Å². The summed E-state index contributed by atoms with van der Waals surface area (Å²) in [5, 5.41) is 0. The third-order valence-electron chi connectivity index (χ3n) is 21.9. The van der Waals surface area contributed by atoms with Gasteiger partial charge < -0.3 is 93.9 Å². The molecule has 660 valence electrons. The summed E-state index contributed by atoms with van der Waals surface area (Å²) in [5.41, 5.74) is 8.10. The van der Waals surface area contributed by atoms with Crippen molar-refractivity contribution in [1.82, 2.24) is 0 Å². The molecule has 6 atom stereocenters. The molecule has 0 aliphatic carbocycles. The molecule has 10 saturated heterocycles. The van der Waals surface area contributed by atoms with Crippen molar-refractivity contribution in [1.29, 1.82) is 0 Å². The first-order valence-corrected chi connectivity index (χ1v) is 41.7. The maximum absolute atomic E-state index is 13.8. The second-order valence-corrected chi connectivity index (χ2v) is 32.4. The van der Waals surface area contributed by atoms with E-state index in [0.29, 0.717) is 72.7 Å². The lowest BCUT2D eigenvalue weighted by molar-refractivity contribution is -0.169. The molecular weight excluding hydrogens is 1550 g/mol. The van der Waals surface area contributed by atoms with Gasteiger partial charge in [-0.05, 0) is 265 Å². The van der Waals surface area contributed by atoms with Crippen molar-refractivity contribution in [2.24, 2.45) is 5.41 Å². The molecule has 20 nitrogen and oxygen atoms in total. The summed E-state index contributed by atoms with van der Waals surface area (Å²) in [7, 11) is -2.37. The van der Waals surface area contributed by atoms with Crippen LogP contribution < -0.4 is 27.3 Å². The molecule has 0 radical (unpaired) electrons. The van der Waals surface area contributed by atoms with E-state index in [1.54, 1.807) is 30.3 Å². The molecule has 6 aromatic carbocycles. The van der Waals surface area contributed by atoms with Crippen LogP contribution in [0.5, 0.6) is 0 Å². The Morgan fingerprint density at radius 2 is 0.583 bits per heavy atom. The molecule has 0 aromatic heterocycles. The Balaban J connectivity index is 0.000000185. The van der Waals surface area contributed by atoms with Crippen LogP contribution in [0.3, 0.4) is 0 Å². The van der Waals surface area contributed by atoms with Gasteiger partial charge in [0, 0.05) is 78.1 Å². The van der Waals surface area contributed by atoms with Crippen molar-refractivity contribution in [2.75, 3.05) is 79.3 Å². The van der Waals surface area contributed by atoms with Gasteiger partial charge in [0.25, 0.3) is 0 Å². The molecule has 10 heterocycles. The van der Waals surface area contributed by atoms with E-state index in [1.807, 2.05) is 58.0 Å². The largest absolute Gasteiger partial charge is 0.495 e. The predicted octanol–water partition coefficient (Wildman–Crippen LogP) is 16.1. The molecule has 0 spiro atoms. The zero-order valence-electron chi connectivity index (χ0n) is 68.2. The fraction of sp³-hybridized carbons (Fsp3) is 0.600. The van der Waals surface area contributed by atoms with Gasteiger partial charge >= 0.3 is 35.6 Å². The highest BCUT2D eigenvalue weighted by Gasteiger charge is 2.52. The maximum Gasteiger partial charge on any atom is 0.495 e. The van der Waals surface area contributed by atoms with Gasteiger partial charge in [-0.3, -0.25) is 0 Å². The fourth-order valence-electron chi connectivity index (χ4n) is 14.5. The first-order chi connectivity index (χ1) is 56.3. The van der Waals surface area contributed by atoms with Gasteiger partial charge in [0.1, 0.15) is 29.1 Å². The Morgan fingerprint density at radius 3 is 0.883 bits per heavy atom. The first-order valence-electron chi connectivity index (χ1n) is 41.7. The van der Waals surface area contributed by atoms with Gasteiger partial charge in [-0.25, -0.2) is 22.0 Å². The van der Waals surface area contributed by atoms with Crippen LogP contribution in [-0.2, 0) is 127 Å². The van der Waals surface area contributed by atoms with Crippen molar-refractivity contribution in [3.63, 3.8) is 0 Å². The summed E-state index contributed by atoms with van der Waals surface area (Å²) >= 11 is 0. The van der Waals surface area contributed by atoms with Crippen molar-refractivity contribution >= 4 is 62.9 Å². The fourth-order valence-corrected chi connectivity index (χ4v) is 14.5. The second-order valence-electron chi connectivity index (χ2n) is 32.4. The van der Waals surface area contributed by atoms with Gasteiger partial charge in [-0.2, -0.15) is 0 Å². The highest BCUT2D eigenvalue weighted by Crippen LogP contribution is 2.37. The summed E-state index contributed by atoms with van der Waals surface area (Å²) in [6.07, 6.45) is 17.0. The summed E-state index contributed by atoms with van der Waals surface area (Å²) in [4.78, 5) is 0. The Morgan fingerprint density at radius 1 is 0.308 bits per heavy atom. The van der Waals surface area contributed by atoms with E-state index in [2.05, 4.69) is 13.8 Å². The first kappa shape index (κ1) is 99.9. The van der Waals surface area contributed by atoms with Gasteiger partial charge in [0.15, 0.2) is 31.5 Å². The van der Waals surface area contributed by atoms with Crippen molar-refractivity contribution in [3.05, 3.63) is 184 Å². The van der Waals surface area contributed by atoms with Crippen LogP contribution >= 0.6 is 0 Å². The van der Waals surface area contributed by atoms with Gasteiger partial charge in [-0.15, -0.1) is 0 Å². The Kier molecular flexibility index (Phi) is 42.1. The Labute approximate surface area is 712 Å². The quantitative estimate of drug-likeness (QED) is 0.0489. The van der Waals surface area contributed by atoms with Gasteiger partial charge in [-0.1, -0.05) is 104 Å². The summed E-state index contributed by atoms with van der Waals surface area (Å²) in [5.74, 6) is -1.43. The summed E-state index contributed by atoms with van der Waals surface area (Å²) < 4.78 is 183. The van der Waals surface area contributed by atoms with E-state index in [4.69, 9.17) is 93.9 Å². The van der Waals surface area contributed by atoms with Crippen LogP contribution in [0, 0.1) is 34.5 Å². The molecular formula is C90H130B5F5O20. The molecule has 10 fully saturated rings. The number of halogens is 5. The molecule has 30 heteroatoms. The minimum atomic E-state index is -0.526. The maximum atomic E-state index is 13.8. The smallest absolute Gasteiger partial charge is 0.407 e. The molecule has 6 aromatic rings. The predicted molar refractivity (Wildman–Crippen MR) is 458 cm³/mol. The van der Waals surface area contributed by atoms with E-state index >= 15 is 0 Å². The average Bonchev–Trinajstić information content (AvgIpc) is 1.63. The monoisotopic (exact) mass is 1680 g/mol. The summed E-state index contributed by atoms with van der Waals surface area (Å²) in [6, 6.07) is 33.2. The number of hydrogen-bond acceptors (Lipinski definition) is 20. The number of rotatable bonds is 21. The molecule has 0 amide bonds. The lowest BCUT2D eigenvalue weighted by Crippen LogP contribution is -2.48. The SMILES string of the molecule is C.C.C.C.CC1(C)COB(c2ccc(F)cc2COC2CCCCO2)OC1.CC1(C)OB(c2ccc(F)cc2COC2CCCCO2)OC1(C)C.Fc1ccc(B2OCC(c3ccccc3)O2)c(COC2CCCCO2)c1.Fc1ccc(B2OCCCCO2)c(COC2CCCCO2)c1.Fc1ccc(B2OCCCO2)c(COC2CCCCO2)c1. The van der Waals surface area contributed by atoms with Gasteiger partial charge in [0.05, 0.1) is 56.9 Å². The van der Waals surface area contributed by atoms with E-state index in [9.17, 15) is 22.0 Å². The van der Waals surface area contributed by atoms with E-state index in [0.717, 1.165) is 203 Å². The van der Waals surface area contributed by atoms with Crippen molar-refractivity contribution < 1.29 is 116 Å². The second kappa shape index (κ2) is 50.6. The van der Waals surface area contributed by atoms with Crippen LogP contribution in [0.4, 0.5) is 22.0 Å². The highest BCUT2D eigenvalue weighted by molar-refractivity contribution is 6.64. The number of benzene rings is 6. The minimum Gasteiger partial charge on any atom is -0.407 e. The molecule has 6 unspecified atom stereocenters. The summed E-state index contributed by atoms with van der Waals surface area (Å²) in [6.45, 7) is 21.6. The zero-order chi connectivity index (χ0) is 81.1. The van der Waals surface area contributed by atoms with Crippen molar-refractivity contribution in [2.45, 2.75) is 269 Å². The highest BCUT2D eigenvalue weighted by atomic mass is 19.1. The zero-order valence-corrected chi connectivity index (χ0v) is 68.2. The lowest BCUT2D eigenvalue weighted by atomic mass is 9.73. The van der Waals surface area contributed by atoms with Crippen molar-refractivity contribution in [3.8, 4) is 0 Å². The van der Waals surface area contributed by atoms with E-state index in [1.165, 1.54) is 60.7 Å². The van der Waals surface area contributed by atoms with Crippen LogP contribution in [-0.4, -0.2) is 158 Å². The van der Waals surface area contributed by atoms with Crippen LogP contribution in [0.1, 0.15) is 226 Å². The van der Waals surface area contributed by atoms with Crippen LogP contribution in [0.2, 0.25) is 0 Å². The molecule has 16 rings (SSSR count). The van der Waals surface area contributed by atoms with Crippen LogP contribution in [0.25, 0.3) is 0 Å². The third-order valence-corrected chi connectivity index (χ3v) is 21.9. The molecule has 120 heavy (non-hydrogen) atoms. The van der Waals surface area contributed by atoms with Crippen LogP contribution in [0.15, 0.2) is 121 Å². The normalized spacial score (nSPS) is 23.3. The number of hydrogen-bond donors (Lipinski definition) is 0. The topological polar surface area (TPSA) is 185 Å². The molecule has 0 N–H and O–H groups in total. The minimum absolute atomic E-state index is 0. The lowest BCUT2D eigenvalue weighted by Gasteiger charge is -2.33. The Bertz CT molecular complexity index is 3890. The standard InChI is InChI=1S/C20H22BFO4.C18H26BFO4.C17H24BFO4.C16H22BFO4.C15H20BFO4.4CH4/c22-17-9-10-18(16(12-17)13-24-20-8-4-5-11-23-20)21-25-14-19(26-21)15-6-2-1-3-7-15;1-17(2)18(3,4)24-19(23-17)15-9-8-14(20)11-13(15)12-22-16-7-5-6-10-21-16;1-17(2)11-22-18(23-12-17)15-7-6-14(19)9-13(15)10-21-16-5-3-4-8-20-16;18-14-6-7-15(17-21-9-3-4-10-22-17)13(11-14)12-20-16-5-1-2-8-19-16;17-13-5-6-14(16-20-8-3-9-21-16)12(10-13)11-19-15-4-1-2-7-18-15;;;;/h1-3,6-7,9-10,12,19-20H,4-5,8,11,13-14H2;8-9,11,16H,5-7,10,12H2,1-4H3;6-7,9,16H,3-5,8,10-12H2,1-2H3;6-7,11,16H,1-5,8-10,12H2;5-6,10,15H,1-4,7-9,11H2;4*1H4. The van der Waals surface area contributed by atoms with Gasteiger partial charge in [0.2, 0.25) is 0 Å². The Hall–Kier alpha value is -5.51. The average molecular weight is 1680 g/mol.